The largest absolute Gasteiger partial charge is 0.497 e. The molecule has 4 aromatic rings. The lowest BCUT2D eigenvalue weighted by Gasteiger charge is -2.26. The maximum Gasteiger partial charge on any atom is 0.471 e. The summed E-state index contributed by atoms with van der Waals surface area (Å²) in [4.78, 5) is 22.2. The summed E-state index contributed by atoms with van der Waals surface area (Å²) >= 11 is 0. The topological polar surface area (TPSA) is 105 Å². The number of methoxy groups -OCH3 is 2. The molecule has 2 aromatic carbocycles. The minimum absolute atomic E-state index is 0.159. The van der Waals surface area contributed by atoms with Crippen LogP contribution in [-0.4, -0.2) is 59.6 Å². The second-order valence-corrected chi connectivity index (χ2v) is 7.74. The van der Waals surface area contributed by atoms with Crippen molar-refractivity contribution < 1.29 is 27.4 Å². The molecule has 0 radical (unpaired) electrons. The average molecular weight is 500 g/mol. The quantitative estimate of drug-likeness (QED) is 0.331. The Balaban J connectivity index is 1.67. The first-order valence-electron chi connectivity index (χ1n) is 10.9. The number of aromatic nitrogens is 4. The first-order valence-corrected chi connectivity index (χ1v) is 10.9. The van der Waals surface area contributed by atoms with Gasteiger partial charge in [0.15, 0.2) is 0 Å². The van der Waals surface area contributed by atoms with E-state index in [4.69, 9.17) is 9.47 Å². The molecule has 0 aliphatic rings. The minimum Gasteiger partial charge on any atom is -0.497 e. The Morgan fingerprint density at radius 3 is 2.42 bits per heavy atom. The fourth-order valence-electron chi connectivity index (χ4n) is 3.59. The summed E-state index contributed by atoms with van der Waals surface area (Å²) in [5, 5.41) is 8.59. The maximum atomic E-state index is 12.5. The molecule has 2 aromatic heterocycles. The van der Waals surface area contributed by atoms with Crippen molar-refractivity contribution in [2.24, 2.45) is 0 Å². The molecule has 12 heteroatoms. The lowest BCUT2D eigenvalue weighted by Crippen LogP contribution is -2.38. The Labute approximate surface area is 204 Å². The molecule has 0 bridgehead atoms. The average Bonchev–Trinajstić information content (AvgIpc) is 3.42. The first kappa shape index (κ1) is 24.8. The number of hydrogen-bond donors (Lipinski definition) is 2. The van der Waals surface area contributed by atoms with E-state index in [0.29, 0.717) is 33.9 Å². The highest BCUT2D eigenvalue weighted by atomic mass is 19.4. The Morgan fingerprint density at radius 1 is 1.03 bits per heavy atom. The number of carbonyl (C=O) groups excluding carboxylic acids is 1. The monoisotopic (exact) mass is 500 g/mol. The van der Waals surface area contributed by atoms with Crippen LogP contribution in [0.3, 0.4) is 0 Å². The number of benzene rings is 2. The van der Waals surface area contributed by atoms with E-state index < -0.39 is 12.1 Å². The Bertz CT molecular complexity index is 1320. The van der Waals surface area contributed by atoms with Gasteiger partial charge in [-0.05, 0) is 24.6 Å². The second-order valence-electron chi connectivity index (χ2n) is 7.74. The number of aromatic amines is 1. The minimum atomic E-state index is -4.93. The van der Waals surface area contributed by atoms with Gasteiger partial charge < -0.3 is 19.7 Å². The number of ether oxygens (including phenoxy) is 2. The molecule has 4 rings (SSSR count). The number of H-pyrrole nitrogens is 1. The molecule has 0 aliphatic heterocycles. The summed E-state index contributed by atoms with van der Waals surface area (Å²) in [7, 11) is 3.05. The van der Waals surface area contributed by atoms with Crippen LogP contribution >= 0.6 is 0 Å². The summed E-state index contributed by atoms with van der Waals surface area (Å²) < 4.78 is 48.4. The van der Waals surface area contributed by atoms with Crippen LogP contribution in [-0.2, 0) is 4.79 Å². The molecule has 2 heterocycles. The molecular formula is C24H23F3N6O3. The number of halogens is 3. The molecule has 2 N–H and O–H groups in total. The summed E-state index contributed by atoms with van der Waals surface area (Å²) in [6.45, 7) is 0.128. The van der Waals surface area contributed by atoms with E-state index in [1.54, 1.807) is 36.8 Å². The summed E-state index contributed by atoms with van der Waals surface area (Å²) in [6, 6.07) is 10.8. The summed E-state index contributed by atoms with van der Waals surface area (Å²) in [5.41, 5.74) is 4.12. The fraction of sp³-hybridized carbons (Fsp3) is 0.250. The van der Waals surface area contributed by atoms with E-state index in [0.717, 1.165) is 11.3 Å². The van der Waals surface area contributed by atoms with Crippen molar-refractivity contribution in [2.75, 3.05) is 32.2 Å². The molecular weight excluding hydrogens is 477 g/mol. The van der Waals surface area contributed by atoms with E-state index in [1.807, 2.05) is 28.4 Å². The Morgan fingerprint density at radius 2 is 1.78 bits per heavy atom. The molecule has 188 valence electrons. The fourth-order valence-corrected chi connectivity index (χ4v) is 3.59. The van der Waals surface area contributed by atoms with Crippen molar-refractivity contribution in [3.8, 4) is 22.8 Å². The Kier molecular flexibility index (Phi) is 7.23. The predicted molar refractivity (Wildman–Crippen MR) is 127 cm³/mol. The smallest absolute Gasteiger partial charge is 0.471 e. The normalized spacial score (nSPS) is 11.4. The molecule has 36 heavy (non-hydrogen) atoms. The van der Waals surface area contributed by atoms with Crippen LogP contribution in [0.25, 0.3) is 22.3 Å². The van der Waals surface area contributed by atoms with Gasteiger partial charge in [0.2, 0.25) is 0 Å². The van der Waals surface area contributed by atoms with Crippen LogP contribution in [0.15, 0.2) is 55.0 Å². The van der Waals surface area contributed by atoms with Crippen molar-refractivity contribution in [1.82, 2.24) is 25.5 Å². The zero-order valence-corrected chi connectivity index (χ0v) is 19.5. The highest BCUT2D eigenvalue weighted by molar-refractivity contribution is 5.83. The number of nitrogens with zero attached hydrogens (tertiary/aromatic N) is 4. The van der Waals surface area contributed by atoms with E-state index in [2.05, 4.69) is 20.2 Å². The van der Waals surface area contributed by atoms with Gasteiger partial charge in [-0.2, -0.15) is 18.3 Å². The Hall–Kier alpha value is -4.35. The molecule has 0 atom stereocenters. The molecule has 0 aliphatic carbocycles. The van der Waals surface area contributed by atoms with Gasteiger partial charge >= 0.3 is 12.1 Å². The van der Waals surface area contributed by atoms with Gasteiger partial charge in [-0.3, -0.25) is 14.9 Å². The zero-order chi connectivity index (χ0) is 25.7. The summed E-state index contributed by atoms with van der Waals surface area (Å²) in [5.74, 6) is -0.880. The standard InChI is InChI=1S/C24H23F3N6O3/c1-35-18-8-17(9-19(11-18)36-2)33(7-3-6-28-23(34)24(25,26)27)16-4-5-20-21(10-16)32-22(14-29-20)15-12-30-31-13-15/h4-5,8-14H,3,6-7H2,1-2H3,(H,28,34)(H,30,31). The van der Waals surface area contributed by atoms with Crippen LogP contribution in [0.1, 0.15) is 6.42 Å². The van der Waals surface area contributed by atoms with Crippen LogP contribution in [0.4, 0.5) is 24.5 Å². The third-order valence-corrected chi connectivity index (χ3v) is 5.38. The number of hydrogen-bond acceptors (Lipinski definition) is 7. The molecule has 1 amide bonds. The van der Waals surface area contributed by atoms with Crippen molar-refractivity contribution in [3.63, 3.8) is 0 Å². The summed E-state index contributed by atoms with van der Waals surface area (Å²) in [6.07, 6.45) is 0.318. The van der Waals surface area contributed by atoms with Gasteiger partial charge in [0, 0.05) is 54.4 Å². The highest BCUT2D eigenvalue weighted by Crippen LogP contribution is 2.34. The number of anilines is 2. The number of nitrogens with one attached hydrogen (secondary N) is 2. The van der Waals surface area contributed by atoms with Gasteiger partial charge in [0.1, 0.15) is 11.5 Å². The number of carbonyl (C=O) groups is 1. The lowest BCUT2D eigenvalue weighted by molar-refractivity contribution is -0.173. The van der Waals surface area contributed by atoms with Crippen LogP contribution in [0, 0.1) is 0 Å². The number of rotatable bonds is 9. The van der Waals surface area contributed by atoms with Gasteiger partial charge in [-0.25, -0.2) is 4.98 Å². The van der Waals surface area contributed by atoms with Gasteiger partial charge in [-0.1, -0.05) is 0 Å². The second kappa shape index (κ2) is 10.5. The van der Waals surface area contributed by atoms with E-state index in [-0.39, 0.29) is 19.5 Å². The van der Waals surface area contributed by atoms with Gasteiger partial charge in [-0.15, -0.1) is 0 Å². The number of fused-ring (bicyclic) bond motifs is 1. The van der Waals surface area contributed by atoms with E-state index in [1.165, 1.54) is 14.2 Å². The van der Waals surface area contributed by atoms with Crippen molar-refractivity contribution in [3.05, 3.63) is 55.0 Å². The molecule has 0 fully saturated rings. The maximum absolute atomic E-state index is 12.5. The van der Waals surface area contributed by atoms with E-state index in [9.17, 15) is 18.0 Å². The zero-order valence-electron chi connectivity index (χ0n) is 19.5. The van der Waals surface area contributed by atoms with Crippen LogP contribution < -0.4 is 19.7 Å². The first-order chi connectivity index (χ1) is 17.3. The van der Waals surface area contributed by atoms with Gasteiger partial charge in [0.05, 0.1) is 43.3 Å². The molecule has 9 nitrogen and oxygen atoms in total. The van der Waals surface area contributed by atoms with Crippen LogP contribution in [0.2, 0.25) is 0 Å². The molecule has 0 unspecified atom stereocenters. The van der Waals surface area contributed by atoms with Crippen molar-refractivity contribution in [2.45, 2.75) is 12.6 Å². The van der Waals surface area contributed by atoms with Crippen molar-refractivity contribution in [1.29, 1.82) is 0 Å². The third-order valence-electron chi connectivity index (χ3n) is 5.38. The predicted octanol–water partition coefficient (Wildman–Crippen LogP) is 4.24. The van der Waals surface area contributed by atoms with Crippen molar-refractivity contribution >= 4 is 28.3 Å². The number of alkyl halides is 3. The third kappa shape index (κ3) is 5.65. The van der Waals surface area contributed by atoms with E-state index >= 15 is 0 Å². The highest BCUT2D eigenvalue weighted by Gasteiger charge is 2.38. The molecule has 0 saturated carbocycles. The molecule has 0 spiro atoms. The SMILES string of the molecule is COc1cc(OC)cc(N(CCCNC(=O)C(F)(F)F)c2ccc3ncc(-c4cn[nH]c4)nc3c2)c1. The van der Waals surface area contributed by atoms with Crippen LogP contribution in [0.5, 0.6) is 11.5 Å². The molecule has 0 saturated heterocycles. The number of amides is 1. The lowest BCUT2D eigenvalue weighted by atomic mass is 10.1. The van der Waals surface area contributed by atoms with Gasteiger partial charge in [0.25, 0.3) is 0 Å².